The summed E-state index contributed by atoms with van der Waals surface area (Å²) in [5, 5.41) is 19.3. The van der Waals surface area contributed by atoms with Crippen molar-refractivity contribution in [2.24, 2.45) is 10.8 Å². The van der Waals surface area contributed by atoms with Crippen LogP contribution in [0.25, 0.3) is 0 Å². The molecule has 0 unspecified atom stereocenters. The predicted molar refractivity (Wildman–Crippen MR) is 155 cm³/mol. The van der Waals surface area contributed by atoms with Gasteiger partial charge in [-0.25, -0.2) is 0 Å². The van der Waals surface area contributed by atoms with Crippen molar-refractivity contribution in [3.63, 3.8) is 0 Å². The Bertz CT molecular complexity index is 1200. The summed E-state index contributed by atoms with van der Waals surface area (Å²) >= 11 is 4.42. The van der Waals surface area contributed by atoms with Crippen LogP contribution >= 0.6 is 23.5 Å². The van der Waals surface area contributed by atoms with Crippen molar-refractivity contribution in [1.82, 2.24) is 0 Å². The zero-order chi connectivity index (χ0) is 25.8. The number of aryl methyl sites for hydroxylation is 2. The first kappa shape index (κ1) is 25.7. The number of Topliss-reactive ketones (excluding diaryl/α,β-unsaturated/α-hetero) is 1. The lowest BCUT2D eigenvalue weighted by atomic mass is 9.58. The third-order valence-corrected chi connectivity index (χ3v) is 14.0. The molecule has 37 heavy (non-hydrogen) atoms. The average Bonchev–Trinajstić information content (AvgIpc) is 3.34. The van der Waals surface area contributed by atoms with E-state index in [9.17, 15) is 15.0 Å². The molecule has 4 aliphatic carbocycles. The minimum Gasteiger partial charge on any atom is -0.508 e. The van der Waals surface area contributed by atoms with Crippen molar-refractivity contribution in [2.45, 2.75) is 94.0 Å². The van der Waals surface area contributed by atoms with Crippen LogP contribution in [0.1, 0.15) is 99.3 Å². The molecule has 0 bridgehead atoms. The van der Waals surface area contributed by atoms with Crippen molar-refractivity contribution in [3.8, 4) is 11.5 Å². The van der Waals surface area contributed by atoms with Crippen molar-refractivity contribution in [3.05, 3.63) is 58.7 Å². The zero-order valence-electron chi connectivity index (χ0n) is 22.2. The Balaban J connectivity index is 0.000000138. The Morgan fingerprint density at radius 2 is 1.27 bits per heavy atom. The maximum absolute atomic E-state index is 11.7. The van der Waals surface area contributed by atoms with E-state index >= 15 is 0 Å². The van der Waals surface area contributed by atoms with E-state index in [2.05, 4.69) is 43.4 Å². The fourth-order valence-electron chi connectivity index (χ4n) is 7.95. The van der Waals surface area contributed by atoms with Crippen LogP contribution in [-0.4, -0.2) is 31.6 Å². The van der Waals surface area contributed by atoms with Gasteiger partial charge in [-0.15, -0.1) is 23.5 Å². The average molecular weight is 537 g/mol. The van der Waals surface area contributed by atoms with Gasteiger partial charge in [-0.3, -0.25) is 4.79 Å². The summed E-state index contributed by atoms with van der Waals surface area (Å²) < 4.78 is 0.497. The molecule has 2 aromatic rings. The maximum atomic E-state index is 11.7. The van der Waals surface area contributed by atoms with Crippen molar-refractivity contribution in [1.29, 1.82) is 0 Å². The van der Waals surface area contributed by atoms with E-state index in [0.29, 0.717) is 45.0 Å². The molecule has 0 radical (unpaired) electrons. The molecule has 3 nitrogen and oxygen atoms in total. The second kappa shape index (κ2) is 9.55. The van der Waals surface area contributed by atoms with Crippen LogP contribution < -0.4 is 0 Å². The lowest BCUT2D eigenvalue weighted by Crippen LogP contribution is -2.41. The molecule has 2 saturated carbocycles. The number of carbonyl (C=O) groups is 1. The van der Waals surface area contributed by atoms with E-state index in [1.807, 2.05) is 24.3 Å². The highest BCUT2D eigenvalue weighted by Gasteiger charge is 2.51. The van der Waals surface area contributed by atoms with Gasteiger partial charge in [-0.1, -0.05) is 26.0 Å². The number of aromatic hydroxyl groups is 2. The predicted octanol–water partition coefficient (Wildman–Crippen LogP) is 7.97. The fourth-order valence-corrected chi connectivity index (χ4v) is 11.3. The summed E-state index contributed by atoms with van der Waals surface area (Å²) in [5.74, 6) is 4.89. The van der Waals surface area contributed by atoms with Crippen LogP contribution in [0.4, 0.5) is 0 Å². The Hall–Kier alpha value is -1.59. The Kier molecular flexibility index (Phi) is 6.63. The maximum Gasteiger partial charge on any atom is 0.133 e. The standard InChI is InChI=1S/C17H22OS2.C15H18O2/c1-16-5-4-12-10-13(18)2-3-14(12)15(16)11-17(7-6-16)19-8-9-20-17;1-15-6-4-10-8-11(16)2-3-13(10)14(15)9-12(17)5-7-15/h2-3,10,15,18H,4-9,11H2,1H3;2-3,8,14,16H,4-7,9H2,1H3/t15-,16+;14-,15+/m11/s1. The van der Waals surface area contributed by atoms with Gasteiger partial charge in [0.05, 0.1) is 4.08 Å². The molecule has 3 fully saturated rings. The summed E-state index contributed by atoms with van der Waals surface area (Å²) in [6.45, 7) is 4.82. The molecule has 0 amide bonds. The van der Waals surface area contributed by atoms with Gasteiger partial charge in [0.25, 0.3) is 0 Å². The Morgan fingerprint density at radius 3 is 1.89 bits per heavy atom. The van der Waals surface area contributed by atoms with Gasteiger partial charge < -0.3 is 10.2 Å². The number of benzene rings is 2. The molecule has 1 saturated heterocycles. The molecular weight excluding hydrogens is 496 g/mol. The third-order valence-electron chi connectivity index (χ3n) is 10.4. The summed E-state index contributed by atoms with van der Waals surface area (Å²) in [5.41, 5.74) is 6.24. The highest BCUT2D eigenvalue weighted by molar-refractivity contribution is 8.21. The number of carbonyl (C=O) groups excluding carboxylic acids is 1. The number of rotatable bonds is 0. The van der Waals surface area contributed by atoms with Gasteiger partial charge in [0, 0.05) is 24.3 Å². The van der Waals surface area contributed by atoms with E-state index in [-0.39, 0.29) is 5.41 Å². The molecule has 0 aromatic heterocycles. The lowest BCUT2D eigenvalue weighted by Gasteiger charge is -2.51. The minimum absolute atomic E-state index is 0.290. The molecule has 4 atom stereocenters. The summed E-state index contributed by atoms with van der Waals surface area (Å²) in [7, 11) is 0. The lowest BCUT2D eigenvalue weighted by molar-refractivity contribution is -0.123. The number of thioether (sulfide) groups is 2. The number of phenols is 2. The molecule has 5 aliphatic rings. The quantitative estimate of drug-likeness (QED) is 0.358. The van der Waals surface area contributed by atoms with Crippen LogP contribution in [0.15, 0.2) is 36.4 Å². The van der Waals surface area contributed by atoms with Crippen molar-refractivity contribution < 1.29 is 15.0 Å². The van der Waals surface area contributed by atoms with Gasteiger partial charge in [-0.05, 0) is 121 Å². The molecule has 1 aliphatic heterocycles. The van der Waals surface area contributed by atoms with Crippen molar-refractivity contribution >= 4 is 29.3 Å². The number of fused-ring (bicyclic) bond motifs is 6. The molecule has 198 valence electrons. The highest BCUT2D eigenvalue weighted by Crippen LogP contribution is 2.63. The first-order valence-electron chi connectivity index (χ1n) is 14.1. The SMILES string of the molecule is C[C@@]12CCc3cc(O)ccc3[C@H]1CC1(CC2)SCCS1.C[C@]12CCC(=O)C[C@@H]1c1ccc(O)cc1CC2. The monoisotopic (exact) mass is 536 g/mol. The van der Waals surface area contributed by atoms with Gasteiger partial charge in [0.1, 0.15) is 17.3 Å². The molecule has 1 heterocycles. The van der Waals surface area contributed by atoms with E-state index in [1.54, 1.807) is 6.07 Å². The van der Waals surface area contributed by atoms with E-state index in [1.165, 1.54) is 59.4 Å². The van der Waals surface area contributed by atoms with E-state index in [4.69, 9.17) is 0 Å². The molecule has 1 spiro atoms. The topological polar surface area (TPSA) is 57.5 Å². The van der Waals surface area contributed by atoms with Gasteiger partial charge >= 0.3 is 0 Å². The second-order valence-electron chi connectivity index (χ2n) is 12.7. The molecule has 2 aromatic carbocycles. The van der Waals surface area contributed by atoms with Crippen LogP contribution in [-0.2, 0) is 17.6 Å². The number of ketones is 1. The summed E-state index contributed by atoms with van der Waals surface area (Å²) in [6, 6.07) is 11.7. The summed E-state index contributed by atoms with van der Waals surface area (Å²) in [4.78, 5) is 11.7. The molecule has 7 rings (SSSR count). The van der Waals surface area contributed by atoms with Crippen LogP contribution in [0.5, 0.6) is 11.5 Å². The van der Waals surface area contributed by atoms with Gasteiger partial charge in [0.2, 0.25) is 0 Å². The first-order chi connectivity index (χ1) is 17.7. The normalized spacial score (nSPS) is 33.4. The number of phenolic OH excluding ortho intramolecular Hbond substituents is 2. The number of hydrogen-bond donors (Lipinski definition) is 2. The minimum atomic E-state index is 0.290. The molecule has 5 heteroatoms. The smallest absolute Gasteiger partial charge is 0.133 e. The summed E-state index contributed by atoms with van der Waals surface area (Å²) in [6.07, 6.45) is 11.2. The largest absolute Gasteiger partial charge is 0.508 e. The van der Waals surface area contributed by atoms with Crippen molar-refractivity contribution in [2.75, 3.05) is 11.5 Å². The highest BCUT2D eigenvalue weighted by atomic mass is 32.2. The number of hydrogen-bond acceptors (Lipinski definition) is 5. The first-order valence-corrected chi connectivity index (χ1v) is 16.1. The van der Waals surface area contributed by atoms with E-state index < -0.39 is 0 Å². The Morgan fingerprint density at radius 1 is 0.730 bits per heavy atom. The van der Waals surface area contributed by atoms with E-state index in [0.717, 1.165) is 32.1 Å². The van der Waals surface area contributed by atoms with Gasteiger partial charge in [-0.2, -0.15) is 0 Å². The van der Waals surface area contributed by atoms with Crippen LogP contribution in [0.2, 0.25) is 0 Å². The van der Waals surface area contributed by atoms with Crippen LogP contribution in [0.3, 0.4) is 0 Å². The Labute approximate surface area is 230 Å². The molecular formula is C32H40O3S2. The zero-order valence-corrected chi connectivity index (χ0v) is 23.9. The molecule has 2 N–H and O–H groups in total. The second-order valence-corrected chi connectivity index (χ2v) is 15.9. The fraction of sp³-hybridized carbons (Fsp3) is 0.594. The van der Waals surface area contributed by atoms with Crippen LogP contribution in [0, 0.1) is 10.8 Å². The third kappa shape index (κ3) is 4.73. The van der Waals surface area contributed by atoms with Gasteiger partial charge in [0.15, 0.2) is 0 Å².